The predicted molar refractivity (Wildman–Crippen MR) is 90.6 cm³/mol. The van der Waals surface area contributed by atoms with E-state index in [4.69, 9.17) is 0 Å². The molecule has 0 heterocycles. The standard InChI is InChI=1S/2C9H11.2CH3.Hf/c2*1-2-5-9-7-3-6-8(9)4-1;;;/h2*1-2,4,6,9H,3,5,7H2;2*1H3;/q4*-1;+4. The Morgan fingerprint density at radius 3 is 1.57 bits per heavy atom. The van der Waals surface area contributed by atoms with E-state index in [0.717, 1.165) is 11.8 Å². The van der Waals surface area contributed by atoms with Gasteiger partial charge in [0.05, 0.1) is 0 Å². The van der Waals surface area contributed by atoms with Crippen LogP contribution in [-0.2, 0) is 25.8 Å². The van der Waals surface area contributed by atoms with Crippen LogP contribution in [0.15, 0.2) is 47.6 Å². The summed E-state index contributed by atoms with van der Waals surface area (Å²) in [5, 5.41) is 0. The van der Waals surface area contributed by atoms with E-state index in [1.54, 1.807) is 11.1 Å². The van der Waals surface area contributed by atoms with E-state index in [1.165, 1.54) is 38.5 Å². The molecular weight excluding hydrogens is 419 g/mol. The zero-order valence-corrected chi connectivity index (χ0v) is 17.1. The smallest absolute Gasteiger partial charge is 0.358 e. The third-order valence-corrected chi connectivity index (χ3v) is 4.42. The third kappa shape index (κ3) is 5.36. The summed E-state index contributed by atoms with van der Waals surface area (Å²) >= 11 is 0. The predicted octanol–water partition coefficient (Wildman–Crippen LogP) is 5.87. The topological polar surface area (TPSA) is 0 Å². The van der Waals surface area contributed by atoms with Gasteiger partial charge in [-0.3, -0.25) is 0 Å². The minimum Gasteiger partial charge on any atom is -0.358 e. The molecule has 2 fully saturated rings. The van der Waals surface area contributed by atoms with Crippen molar-refractivity contribution in [3.63, 3.8) is 0 Å². The summed E-state index contributed by atoms with van der Waals surface area (Å²) in [5.41, 5.74) is 3.16. The molecule has 0 saturated heterocycles. The second-order valence-corrected chi connectivity index (χ2v) is 5.62. The van der Waals surface area contributed by atoms with Crippen LogP contribution in [0.1, 0.15) is 38.5 Å². The molecule has 0 bridgehead atoms. The summed E-state index contributed by atoms with van der Waals surface area (Å²) in [4.78, 5) is 0. The van der Waals surface area contributed by atoms with Gasteiger partial charge < -0.3 is 14.9 Å². The first-order valence-corrected chi connectivity index (χ1v) is 7.33. The van der Waals surface area contributed by atoms with E-state index in [-0.39, 0.29) is 40.7 Å². The summed E-state index contributed by atoms with van der Waals surface area (Å²) in [6, 6.07) is 0. The Hall–Kier alpha value is -0.430. The van der Waals surface area contributed by atoms with Gasteiger partial charge in [-0.05, 0) is 24.7 Å². The molecule has 0 spiro atoms. The molecule has 4 rings (SSSR count). The molecule has 0 amide bonds. The second kappa shape index (κ2) is 10.3. The quantitative estimate of drug-likeness (QED) is 0.322. The normalized spacial score (nSPS) is 26.7. The number of rotatable bonds is 0. The van der Waals surface area contributed by atoms with E-state index in [2.05, 4.69) is 49.3 Å². The van der Waals surface area contributed by atoms with Crippen molar-refractivity contribution in [3.05, 3.63) is 75.3 Å². The minimum atomic E-state index is 0. The fraction of sp³-hybridized carbons (Fsp3) is 0.400. The monoisotopic (exact) mass is 448 g/mol. The van der Waals surface area contributed by atoms with Crippen LogP contribution in [0.3, 0.4) is 0 Å². The largest absolute Gasteiger partial charge is 4.00 e. The Bertz CT molecular complexity index is 372. The summed E-state index contributed by atoms with van der Waals surface area (Å²) in [5.74, 6) is 1.77. The first-order chi connectivity index (χ1) is 8.93. The molecule has 4 aliphatic carbocycles. The molecule has 0 nitrogen and oxygen atoms in total. The van der Waals surface area contributed by atoms with E-state index < -0.39 is 0 Å². The van der Waals surface area contributed by atoms with Gasteiger partial charge in [-0.1, -0.05) is 12.8 Å². The van der Waals surface area contributed by atoms with Crippen molar-refractivity contribution in [1.29, 1.82) is 0 Å². The second-order valence-electron chi connectivity index (χ2n) is 5.62. The van der Waals surface area contributed by atoms with Crippen molar-refractivity contribution >= 4 is 0 Å². The maximum Gasteiger partial charge on any atom is 4.00 e. The van der Waals surface area contributed by atoms with Crippen molar-refractivity contribution in [2.75, 3.05) is 0 Å². The van der Waals surface area contributed by atoms with Crippen molar-refractivity contribution in [2.45, 2.75) is 38.5 Å². The molecule has 0 aromatic heterocycles. The van der Waals surface area contributed by atoms with Gasteiger partial charge in [0.15, 0.2) is 0 Å². The van der Waals surface area contributed by atoms with Crippen LogP contribution in [0.4, 0.5) is 0 Å². The van der Waals surface area contributed by atoms with Crippen LogP contribution in [0.2, 0.25) is 0 Å². The van der Waals surface area contributed by atoms with E-state index in [0.29, 0.717) is 0 Å². The number of allylic oxidation sites excluding steroid dienone is 8. The zero-order chi connectivity index (χ0) is 12.2. The SMILES string of the molecule is C1=CCC2CC[CH-]C2=C1.C1=CCC2CC[CH-]C2=C1.[CH3-].[CH3-].[Hf+4]. The van der Waals surface area contributed by atoms with Crippen LogP contribution in [0.5, 0.6) is 0 Å². The van der Waals surface area contributed by atoms with Gasteiger partial charge >= 0.3 is 25.8 Å². The van der Waals surface area contributed by atoms with Gasteiger partial charge in [0.25, 0.3) is 0 Å². The van der Waals surface area contributed by atoms with Crippen molar-refractivity contribution in [3.8, 4) is 0 Å². The van der Waals surface area contributed by atoms with Crippen LogP contribution < -0.4 is 0 Å². The Kier molecular flexibility index (Phi) is 10.1. The summed E-state index contributed by atoms with van der Waals surface area (Å²) < 4.78 is 0. The molecule has 1 heteroatoms. The van der Waals surface area contributed by atoms with Crippen LogP contribution in [-0.4, -0.2) is 0 Å². The average molecular weight is 447 g/mol. The maximum atomic E-state index is 2.37. The van der Waals surface area contributed by atoms with Crippen LogP contribution >= 0.6 is 0 Å². The number of fused-ring (bicyclic) bond motifs is 2. The molecule has 2 unspecified atom stereocenters. The van der Waals surface area contributed by atoms with E-state index in [1.807, 2.05) is 0 Å². The molecule has 0 aromatic carbocycles. The van der Waals surface area contributed by atoms with Crippen molar-refractivity contribution in [1.82, 2.24) is 0 Å². The van der Waals surface area contributed by atoms with E-state index in [9.17, 15) is 0 Å². The first kappa shape index (κ1) is 20.6. The minimum absolute atomic E-state index is 0. The molecule has 2 atom stereocenters. The number of hydrogen-bond donors (Lipinski definition) is 0. The fourth-order valence-electron chi connectivity index (χ4n) is 3.33. The molecule has 112 valence electrons. The maximum absolute atomic E-state index is 2.37. The average Bonchev–Trinajstić information content (AvgIpc) is 3.08. The van der Waals surface area contributed by atoms with Crippen LogP contribution in [0, 0.1) is 39.5 Å². The van der Waals surface area contributed by atoms with Gasteiger partial charge in [-0.25, -0.2) is 36.1 Å². The molecule has 2 saturated carbocycles. The molecule has 0 aliphatic heterocycles. The van der Waals surface area contributed by atoms with E-state index >= 15 is 0 Å². The zero-order valence-electron chi connectivity index (χ0n) is 13.5. The number of hydrogen-bond acceptors (Lipinski definition) is 0. The summed E-state index contributed by atoms with van der Waals surface area (Å²) in [7, 11) is 0. The fourth-order valence-corrected chi connectivity index (χ4v) is 3.33. The Morgan fingerprint density at radius 1 is 0.762 bits per heavy atom. The summed E-state index contributed by atoms with van der Waals surface area (Å²) in [6.07, 6.45) is 26.1. The van der Waals surface area contributed by atoms with Gasteiger partial charge in [-0.2, -0.15) is 0 Å². The molecule has 21 heavy (non-hydrogen) atoms. The van der Waals surface area contributed by atoms with Crippen molar-refractivity contribution < 1.29 is 25.8 Å². The Labute approximate surface area is 151 Å². The van der Waals surface area contributed by atoms with Gasteiger partial charge in [0.1, 0.15) is 0 Å². The Morgan fingerprint density at radius 2 is 1.19 bits per heavy atom. The summed E-state index contributed by atoms with van der Waals surface area (Å²) in [6.45, 7) is 0. The van der Waals surface area contributed by atoms with Crippen LogP contribution in [0.25, 0.3) is 0 Å². The van der Waals surface area contributed by atoms with Gasteiger partial charge in [-0.15, -0.1) is 37.1 Å². The van der Waals surface area contributed by atoms with Gasteiger partial charge in [0.2, 0.25) is 0 Å². The molecule has 0 aromatic rings. The Balaban J connectivity index is 0.000000333. The first-order valence-electron chi connectivity index (χ1n) is 7.33. The van der Waals surface area contributed by atoms with Gasteiger partial charge in [0, 0.05) is 0 Å². The molecular formula is C20H28Hf. The van der Waals surface area contributed by atoms with Crippen molar-refractivity contribution in [2.24, 2.45) is 11.8 Å². The molecule has 4 aliphatic rings. The molecule has 0 radical (unpaired) electrons. The molecule has 0 N–H and O–H groups in total. The third-order valence-electron chi connectivity index (χ3n) is 4.42.